The van der Waals surface area contributed by atoms with E-state index in [0.717, 1.165) is 31.8 Å². The average Bonchev–Trinajstić information content (AvgIpc) is 2.72. The van der Waals surface area contributed by atoms with Gasteiger partial charge in [0.2, 0.25) is 0 Å². The predicted octanol–water partition coefficient (Wildman–Crippen LogP) is 1.83. The molecule has 2 aromatic heterocycles. The molecule has 102 valence electrons. The van der Waals surface area contributed by atoms with Gasteiger partial charge in [-0.05, 0) is 32.9 Å². The van der Waals surface area contributed by atoms with Gasteiger partial charge < -0.3 is 9.72 Å². The predicted molar refractivity (Wildman–Crippen MR) is 77.3 cm³/mol. The summed E-state index contributed by atoms with van der Waals surface area (Å²) in [7, 11) is 0. The first-order valence-corrected chi connectivity index (χ1v) is 6.94. The highest BCUT2D eigenvalue weighted by Gasteiger charge is 2.26. The molecule has 0 unspecified atom stereocenters. The Hall–Kier alpha value is -1.39. The normalized spacial score (nSPS) is 19.9. The number of rotatable bonds is 2. The zero-order chi connectivity index (χ0) is 13.5. The number of nitrogens with zero attached hydrogens (tertiary/aromatic N) is 3. The molecule has 1 saturated heterocycles. The van der Waals surface area contributed by atoms with Gasteiger partial charge in [-0.25, -0.2) is 4.98 Å². The molecule has 0 aromatic carbocycles. The van der Waals surface area contributed by atoms with Gasteiger partial charge in [0.15, 0.2) is 0 Å². The lowest BCUT2D eigenvalue weighted by Gasteiger charge is -2.39. The van der Waals surface area contributed by atoms with Crippen LogP contribution in [0.25, 0.3) is 5.65 Å². The highest BCUT2D eigenvalue weighted by Crippen LogP contribution is 2.16. The smallest absolute Gasteiger partial charge is 0.137 e. The van der Waals surface area contributed by atoms with Gasteiger partial charge in [-0.2, -0.15) is 0 Å². The van der Waals surface area contributed by atoms with Crippen LogP contribution in [0, 0.1) is 6.92 Å². The van der Waals surface area contributed by atoms with Gasteiger partial charge >= 0.3 is 0 Å². The molecule has 0 radical (unpaired) electrons. The molecule has 0 spiro atoms. The van der Waals surface area contributed by atoms with Crippen molar-refractivity contribution in [2.24, 2.45) is 0 Å². The maximum absolute atomic E-state index is 4.50. The topological polar surface area (TPSA) is 32.6 Å². The molecule has 4 nitrogen and oxygen atoms in total. The highest BCUT2D eigenvalue weighted by atomic mass is 15.2. The molecule has 1 aliphatic heterocycles. The summed E-state index contributed by atoms with van der Waals surface area (Å²) in [5.41, 5.74) is 3.78. The van der Waals surface area contributed by atoms with Crippen LogP contribution in [0.4, 0.5) is 0 Å². The Morgan fingerprint density at radius 1 is 1.37 bits per heavy atom. The minimum atomic E-state index is 0.202. The summed E-state index contributed by atoms with van der Waals surface area (Å²) in [5, 5.41) is 3.55. The number of nitrogens with one attached hydrogen (secondary N) is 1. The third-order valence-electron chi connectivity index (χ3n) is 3.83. The lowest BCUT2D eigenvalue weighted by Crippen LogP contribution is -2.56. The van der Waals surface area contributed by atoms with Gasteiger partial charge in [-0.3, -0.25) is 4.90 Å². The van der Waals surface area contributed by atoms with E-state index in [4.69, 9.17) is 0 Å². The first kappa shape index (κ1) is 12.6. The standard InChI is InChI=1S/C15H22N4/c1-12-5-4-6-14-16-9-13(19(12)14)10-18-8-7-17-15(2,3)11-18/h4-6,9,17H,7-8,10-11H2,1-3H3. The molecule has 1 aliphatic rings. The molecule has 19 heavy (non-hydrogen) atoms. The van der Waals surface area contributed by atoms with Gasteiger partial charge in [0.25, 0.3) is 0 Å². The number of fused-ring (bicyclic) bond motifs is 1. The summed E-state index contributed by atoms with van der Waals surface area (Å²) >= 11 is 0. The van der Waals surface area contributed by atoms with Crippen LogP contribution in [0.2, 0.25) is 0 Å². The fourth-order valence-electron chi connectivity index (χ4n) is 3.00. The van der Waals surface area contributed by atoms with Crippen LogP contribution in [-0.4, -0.2) is 39.5 Å². The zero-order valence-corrected chi connectivity index (χ0v) is 12.0. The van der Waals surface area contributed by atoms with Crippen LogP contribution in [-0.2, 0) is 6.54 Å². The quantitative estimate of drug-likeness (QED) is 0.892. The maximum Gasteiger partial charge on any atom is 0.137 e. The summed E-state index contributed by atoms with van der Waals surface area (Å²) in [5.74, 6) is 0. The Morgan fingerprint density at radius 2 is 2.21 bits per heavy atom. The number of hydrogen-bond acceptors (Lipinski definition) is 3. The van der Waals surface area contributed by atoms with Gasteiger partial charge in [0.05, 0.1) is 11.9 Å². The minimum absolute atomic E-state index is 0.202. The lowest BCUT2D eigenvalue weighted by atomic mass is 10.0. The molecule has 1 fully saturated rings. The molecule has 0 saturated carbocycles. The van der Waals surface area contributed by atoms with E-state index in [-0.39, 0.29) is 5.54 Å². The first-order valence-electron chi connectivity index (χ1n) is 6.94. The van der Waals surface area contributed by atoms with Crippen molar-refractivity contribution in [3.8, 4) is 0 Å². The van der Waals surface area contributed by atoms with Gasteiger partial charge in [0.1, 0.15) is 5.65 Å². The molecule has 4 heteroatoms. The van der Waals surface area contributed by atoms with Crippen LogP contribution in [0.15, 0.2) is 24.4 Å². The molecule has 2 aromatic rings. The van der Waals surface area contributed by atoms with Crippen molar-refractivity contribution in [3.63, 3.8) is 0 Å². The van der Waals surface area contributed by atoms with Gasteiger partial charge in [0, 0.05) is 37.4 Å². The van der Waals surface area contributed by atoms with Crippen molar-refractivity contribution < 1.29 is 0 Å². The lowest BCUT2D eigenvalue weighted by molar-refractivity contribution is 0.146. The van der Waals surface area contributed by atoms with Crippen LogP contribution in [0.3, 0.4) is 0 Å². The summed E-state index contributed by atoms with van der Waals surface area (Å²) in [6, 6.07) is 6.27. The maximum atomic E-state index is 4.50. The fraction of sp³-hybridized carbons (Fsp3) is 0.533. The average molecular weight is 258 g/mol. The Kier molecular flexibility index (Phi) is 3.07. The van der Waals surface area contributed by atoms with E-state index in [1.807, 2.05) is 6.20 Å². The van der Waals surface area contributed by atoms with E-state index in [0.29, 0.717) is 0 Å². The van der Waals surface area contributed by atoms with Gasteiger partial charge in [-0.15, -0.1) is 0 Å². The SMILES string of the molecule is Cc1cccc2ncc(CN3CCNC(C)(C)C3)n12. The third kappa shape index (κ3) is 2.51. The Bertz CT molecular complexity index is 585. The summed E-state index contributed by atoms with van der Waals surface area (Å²) in [6.45, 7) is 10.9. The van der Waals surface area contributed by atoms with Crippen molar-refractivity contribution in [2.45, 2.75) is 32.9 Å². The number of hydrogen-bond donors (Lipinski definition) is 1. The Balaban J connectivity index is 1.86. The van der Waals surface area contributed by atoms with Crippen molar-refractivity contribution in [2.75, 3.05) is 19.6 Å². The van der Waals surface area contributed by atoms with Crippen LogP contribution < -0.4 is 5.32 Å². The molecule has 3 heterocycles. The summed E-state index contributed by atoms with van der Waals surface area (Å²) in [4.78, 5) is 7.01. The molecule has 1 N–H and O–H groups in total. The molecular formula is C15H22N4. The largest absolute Gasteiger partial charge is 0.309 e. The summed E-state index contributed by atoms with van der Waals surface area (Å²) in [6.07, 6.45) is 2.01. The van der Waals surface area contributed by atoms with Crippen molar-refractivity contribution >= 4 is 5.65 Å². The van der Waals surface area contributed by atoms with Crippen molar-refractivity contribution in [3.05, 3.63) is 35.8 Å². The molecule has 0 amide bonds. The van der Waals surface area contributed by atoms with E-state index >= 15 is 0 Å². The second-order valence-electron chi connectivity index (χ2n) is 6.13. The van der Waals surface area contributed by atoms with E-state index in [1.54, 1.807) is 0 Å². The number of aromatic nitrogens is 2. The third-order valence-corrected chi connectivity index (χ3v) is 3.83. The number of aryl methyl sites for hydroxylation is 1. The molecule has 0 atom stereocenters. The van der Waals surface area contributed by atoms with Crippen LogP contribution >= 0.6 is 0 Å². The van der Waals surface area contributed by atoms with E-state index < -0.39 is 0 Å². The fourth-order valence-corrected chi connectivity index (χ4v) is 3.00. The number of pyridine rings is 1. The van der Waals surface area contributed by atoms with Crippen molar-refractivity contribution in [1.82, 2.24) is 19.6 Å². The van der Waals surface area contributed by atoms with Gasteiger partial charge in [-0.1, -0.05) is 6.07 Å². The number of piperazine rings is 1. The molecule has 0 aliphatic carbocycles. The van der Waals surface area contributed by atoms with Crippen LogP contribution in [0.1, 0.15) is 25.2 Å². The second kappa shape index (κ2) is 4.62. The molecule has 0 bridgehead atoms. The Morgan fingerprint density at radius 3 is 3.00 bits per heavy atom. The number of imidazole rings is 1. The van der Waals surface area contributed by atoms with Crippen molar-refractivity contribution in [1.29, 1.82) is 0 Å². The highest BCUT2D eigenvalue weighted by molar-refractivity contribution is 5.42. The summed E-state index contributed by atoms with van der Waals surface area (Å²) < 4.78 is 2.26. The zero-order valence-electron chi connectivity index (χ0n) is 12.0. The Labute approximate surface area is 114 Å². The first-order chi connectivity index (χ1) is 9.05. The van der Waals surface area contributed by atoms with E-state index in [9.17, 15) is 0 Å². The molecule has 3 rings (SSSR count). The minimum Gasteiger partial charge on any atom is -0.309 e. The monoisotopic (exact) mass is 258 g/mol. The second-order valence-corrected chi connectivity index (χ2v) is 6.13. The van der Waals surface area contributed by atoms with E-state index in [2.05, 4.69) is 58.6 Å². The van der Waals surface area contributed by atoms with E-state index in [1.165, 1.54) is 11.4 Å². The molecular weight excluding hydrogens is 236 g/mol. The van der Waals surface area contributed by atoms with Crippen LogP contribution in [0.5, 0.6) is 0 Å².